The third kappa shape index (κ3) is 2.06. The summed E-state index contributed by atoms with van der Waals surface area (Å²) < 4.78 is 22.7. The van der Waals surface area contributed by atoms with Gasteiger partial charge in [-0.15, -0.1) is 0 Å². The summed E-state index contributed by atoms with van der Waals surface area (Å²) in [5.41, 5.74) is 5.16. The van der Waals surface area contributed by atoms with Gasteiger partial charge in [0.1, 0.15) is 0 Å². The van der Waals surface area contributed by atoms with Crippen molar-refractivity contribution >= 4 is 9.84 Å². The van der Waals surface area contributed by atoms with Crippen molar-refractivity contribution in [2.45, 2.75) is 4.90 Å². The predicted octanol–water partition coefficient (Wildman–Crippen LogP) is 0.219. The summed E-state index contributed by atoms with van der Waals surface area (Å²) in [6, 6.07) is 8.99. The third-order valence-electron chi connectivity index (χ3n) is 1.42. The molecule has 0 atom stereocenters. The van der Waals surface area contributed by atoms with Crippen molar-refractivity contribution in [1.29, 1.82) is 0 Å². The van der Waals surface area contributed by atoms with Gasteiger partial charge in [0.25, 0.3) is 0 Å². The molecule has 0 amide bonds. The Balaban J connectivity index is 2.99. The molecule has 0 saturated carbocycles. The summed E-state index contributed by atoms with van der Waals surface area (Å²) in [6.07, 6.45) is 0. The first-order valence-electron chi connectivity index (χ1n) is 3.56. The number of rotatable bonds is 3. The molecule has 1 aromatic carbocycles. The van der Waals surface area contributed by atoms with Crippen LogP contribution in [-0.2, 0) is 9.84 Å². The van der Waals surface area contributed by atoms with Crippen LogP contribution >= 0.6 is 0 Å². The Labute approximate surface area is 72.1 Å². The molecule has 0 unspecified atom stereocenters. The second-order valence-electron chi connectivity index (χ2n) is 2.35. The van der Waals surface area contributed by atoms with Crippen LogP contribution in [0.25, 0.3) is 0 Å². The van der Waals surface area contributed by atoms with Gasteiger partial charge >= 0.3 is 0 Å². The fourth-order valence-electron chi connectivity index (χ4n) is 0.843. The molecule has 0 spiro atoms. The summed E-state index contributed by atoms with van der Waals surface area (Å²) >= 11 is 0. The molecule has 0 saturated heterocycles. The van der Waals surface area contributed by atoms with Gasteiger partial charge in [-0.25, -0.2) is 8.42 Å². The van der Waals surface area contributed by atoms with Crippen LogP contribution in [0, 0.1) is 6.07 Å². The molecule has 0 aromatic heterocycles. The fraction of sp³-hybridized carbons (Fsp3) is 0.250. The number of hydrogen-bond donors (Lipinski definition) is 1. The number of nitrogens with two attached hydrogens (primary N) is 1. The minimum Gasteiger partial charge on any atom is -0.329 e. The molecule has 65 valence electrons. The lowest BCUT2D eigenvalue weighted by Gasteiger charge is -2.00. The van der Waals surface area contributed by atoms with Crippen LogP contribution in [0.1, 0.15) is 0 Å². The van der Waals surface area contributed by atoms with Gasteiger partial charge in [0.05, 0.1) is 10.6 Å². The molecule has 0 heterocycles. The van der Waals surface area contributed by atoms with Crippen LogP contribution in [-0.4, -0.2) is 20.7 Å². The maximum absolute atomic E-state index is 11.3. The Morgan fingerprint density at radius 1 is 1.50 bits per heavy atom. The van der Waals surface area contributed by atoms with Crippen LogP contribution in [0.2, 0.25) is 0 Å². The molecule has 1 radical (unpaired) electrons. The highest BCUT2D eigenvalue weighted by molar-refractivity contribution is 7.91. The SMILES string of the molecule is NCCS(=O)(=O)c1c[c]ccc1. The van der Waals surface area contributed by atoms with Crippen LogP contribution in [0.3, 0.4) is 0 Å². The zero-order valence-electron chi connectivity index (χ0n) is 6.53. The third-order valence-corrected chi connectivity index (χ3v) is 3.17. The number of benzene rings is 1. The van der Waals surface area contributed by atoms with Crippen molar-refractivity contribution in [2.75, 3.05) is 12.3 Å². The standard InChI is InChI=1S/C8H10NO2S/c9-6-7-12(10,11)8-4-2-1-3-5-8/h1-2,4-5H,6-7,9H2. The van der Waals surface area contributed by atoms with E-state index >= 15 is 0 Å². The van der Waals surface area contributed by atoms with Gasteiger partial charge in [-0.1, -0.05) is 12.1 Å². The number of sulfone groups is 1. The fourth-order valence-corrected chi connectivity index (χ4v) is 1.92. The van der Waals surface area contributed by atoms with E-state index in [4.69, 9.17) is 5.73 Å². The Morgan fingerprint density at radius 3 is 2.75 bits per heavy atom. The van der Waals surface area contributed by atoms with E-state index in [1.54, 1.807) is 18.2 Å². The van der Waals surface area contributed by atoms with E-state index in [0.29, 0.717) is 0 Å². The quantitative estimate of drug-likeness (QED) is 0.731. The van der Waals surface area contributed by atoms with Crippen LogP contribution < -0.4 is 5.73 Å². The van der Waals surface area contributed by atoms with E-state index in [2.05, 4.69) is 6.07 Å². The topological polar surface area (TPSA) is 60.2 Å². The average molecular weight is 184 g/mol. The zero-order chi connectivity index (χ0) is 9.03. The van der Waals surface area contributed by atoms with Gasteiger partial charge in [0.15, 0.2) is 9.84 Å². The Morgan fingerprint density at radius 2 is 2.25 bits per heavy atom. The largest absolute Gasteiger partial charge is 0.329 e. The minimum absolute atomic E-state index is 0.00907. The first-order valence-corrected chi connectivity index (χ1v) is 5.21. The molecule has 12 heavy (non-hydrogen) atoms. The Hall–Kier alpha value is -0.870. The van der Waals surface area contributed by atoms with Crippen molar-refractivity contribution in [3.63, 3.8) is 0 Å². The molecule has 3 nitrogen and oxygen atoms in total. The summed E-state index contributed by atoms with van der Waals surface area (Å²) in [5, 5.41) is 0. The minimum atomic E-state index is -3.17. The highest BCUT2D eigenvalue weighted by atomic mass is 32.2. The molecule has 0 bridgehead atoms. The summed E-state index contributed by atoms with van der Waals surface area (Å²) in [4.78, 5) is 0.287. The van der Waals surface area contributed by atoms with Gasteiger partial charge in [0, 0.05) is 6.54 Å². The molecule has 0 aliphatic carbocycles. The molecule has 0 aliphatic heterocycles. The first kappa shape index (κ1) is 9.22. The van der Waals surface area contributed by atoms with Gasteiger partial charge in [0.2, 0.25) is 0 Å². The summed E-state index contributed by atoms with van der Waals surface area (Å²) in [6.45, 7) is 0.150. The van der Waals surface area contributed by atoms with Crippen molar-refractivity contribution in [1.82, 2.24) is 0 Å². The van der Waals surface area contributed by atoms with Crippen molar-refractivity contribution in [2.24, 2.45) is 5.73 Å². The van der Waals surface area contributed by atoms with Crippen molar-refractivity contribution in [3.8, 4) is 0 Å². The lowest BCUT2D eigenvalue weighted by atomic mass is 10.4. The highest BCUT2D eigenvalue weighted by Crippen LogP contribution is 2.08. The van der Waals surface area contributed by atoms with E-state index < -0.39 is 9.84 Å². The molecular weight excluding hydrogens is 174 g/mol. The number of hydrogen-bond acceptors (Lipinski definition) is 3. The smallest absolute Gasteiger partial charge is 0.179 e. The molecule has 4 heteroatoms. The van der Waals surface area contributed by atoms with E-state index in [-0.39, 0.29) is 17.2 Å². The maximum Gasteiger partial charge on any atom is 0.179 e. The van der Waals surface area contributed by atoms with Crippen LogP contribution in [0.5, 0.6) is 0 Å². The normalized spacial score (nSPS) is 11.4. The van der Waals surface area contributed by atoms with Crippen LogP contribution in [0.4, 0.5) is 0 Å². The highest BCUT2D eigenvalue weighted by Gasteiger charge is 2.11. The van der Waals surface area contributed by atoms with Gasteiger partial charge < -0.3 is 5.73 Å². The second kappa shape index (κ2) is 3.69. The molecule has 1 aromatic rings. The molecule has 0 aliphatic rings. The molecule has 0 fully saturated rings. The van der Waals surface area contributed by atoms with E-state index in [1.165, 1.54) is 6.07 Å². The van der Waals surface area contributed by atoms with Gasteiger partial charge in [-0.05, 0) is 18.2 Å². The summed E-state index contributed by atoms with van der Waals surface area (Å²) in [5.74, 6) is -0.00907. The first-order chi connectivity index (χ1) is 5.67. The van der Waals surface area contributed by atoms with E-state index in [1.807, 2.05) is 0 Å². The molecule has 1 rings (SSSR count). The van der Waals surface area contributed by atoms with E-state index in [9.17, 15) is 8.42 Å². The zero-order valence-corrected chi connectivity index (χ0v) is 7.34. The van der Waals surface area contributed by atoms with Crippen molar-refractivity contribution in [3.05, 3.63) is 30.3 Å². The van der Waals surface area contributed by atoms with Gasteiger partial charge in [-0.2, -0.15) is 0 Å². The summed E-state index contributed by atoms with van der Waals surface area (Å²) in [7, 11) is -3.17. The van der Waals surface area contributed by atoms with Crippen LogP contribution in [0.15, 0.2) is 29.2 Å². The molecular formula is C8H10NO2S. The second-order valence-corrected chi connectivity index (χ2v) is 4.46. The van der Waals surface area contributed by atoms with Gasteiger partial charge in [-0.3, -0.25) is 0 Å². The monoisotopic (exact) mass is 184 g/mol. The average Bonchev–Trinajstić information content (AvgIpc) is 2.06. The molecule has 2 N–H and O–H groups in total. The van der Waals surface area contributed by atoms with E-state index in [0.717, 1.165) is 0 Å². The predicted molar refractivity (Wildman–Crippen MR) is 46.4 cm³/mol. The Bertz CT molecular complexity index is 331. The lowest BCUT2D eigenvalue weighted by molar-refractivity contribution is 0.596. The maximum atomic E-state index is 11.3. The Kier molecular flexibility index (Phi) is 2.83. The lowest BCUT2D eigenvalue weighted by Crippen LogP contribution is -2.15. The van der Waals surface area contributed by atoms with Crippen molar-refractivity contribution < 1.29 is 8.42 Å².